The fraction of sp³-hybridized carbons (Fsp3) is 0.160. The largest absolute Gasteiger partial charge is 0.497 e. The average molecular weight is 390 g/mol. The fourth-order valence-electron chi connectivity index (χ4n) is 2.85. The Balaban J connectivity index is 1.77. The Kier molecular flexibility index (Phi) is 6.13. The van der Waals surface area contributed by atoms with Crippen LogP contribution in [-0.4, -0.2) is 12.9 Å². The predicted molar refractivity (Wildman–Crippen MR) is 113 cm³/mol. The lowest BCUT2D eigenvalue weighted by molar-refractivity contribution is -0.118. The minimum absolute atomic E-state index is 0.0579. The molecule has 0 spiro atoms. The Morgan fingerprint density at radius 1 is 0.931 bits per heavy atom. The summed E-state index contributed by atoms with van der Waals surface area (Å²) in [5, 5.41) is 0. The summed E-state index contributed by atoms with van der Waals surface area (Å²) < 4.78 is 24.9. The number of para-hydroxylation sites is 1. The van der Waals surface area contributed by atoms with Crippen molar-refractivity contribution in [2.45, 2.75) is 19.3 Å². The van der Waals surface area contributed by atoms with Crippen molar-refractivity contribution in [1.82, 2.24) is 0 Å². The fourth-order valence-corrected chi connectivity index (χ4v) is 2.85. The van der Waals surface area contributed by atoms with Crippen LogP contribution in [0.1, 0.15) is 25.0 Å². The molecule has 3 nitrogen and oxygen atoms in total. The van der Waals surface area contributed by atoms with Gasteiger partial charge in [-0.25, -0.2) is 4.39 Å². The maximum absolute atomic E-state index is 14.1. The molecule has 4 heteroatoms. The smallest absolute Gasteiger partial charge is 0.165 e. The van der Waals surface area contributed by atoms with Crippen molar-refractivity contribution < 1.29 is 18.7 Å². The van der Waals surface area contributed by atoms with E-state index in [2.05, 4.69) is 0 Å². The zero-order valence-electron chi connectivity index (χ0n) is 16.7. The number of ether oxygens (including phenoxy) is 2. The minimum Gasteiger partial charge on any atom is -0.497 e. The first-order valence-corrected chi connectivity index (χ1v) is 9.29. The van der Waals surface area contributed by atoms with Crippen LogP contribution in [0.2, 0.25) is 0 Å². The summed E-state index contributed by atoms with van der Waals surface area (Å²) in [5.74, 6) is 0.877. The molecule has 3 aromatic carbocycles. The predicted octanol–water partition coefficient (Wildman–Crippen LogP) is 6.19. The molecule has 0 aliphatic carbocycles. The number of methoxy groups -OCH3 is 1. The van der Waals surface area contributed by atoms with Crippen LogP contribution in [0, 0.1) is 5.82 Å². The first-order valence-electron chi connectivity index (χ1n) is 9.29. The molecule has 0 saturated heterocycles. The standard InChI is InChI=1S/C25H23FO3/c1-25(2,19-11-13-20(28-3)14-12-19)24(27)16-10-18-9-15-22(26)23(17-18)29-21-7-5-4-6-8-21/h4-17H,1-3H3. The molecule has 0 atom stereocenters. The van der Waals surface area contributed by atoms with Gasteiger partial charge >= 0.3 is 0 Å². The second-order valence-electron chi connectivity index (χ2n) is 7.16. The highest BCUT2D eigenvalue weighted by Gasteiger charge is 2.27. The van der Waals surface area contributed by atoms with Crippen molar-refractivity contribution >= 4 is 11.9 Å². The van der Waals surface area contributed by atoms with Crippen LogP contribution in [0.5, 0.6) is 17.2 Å². The number of hydrogen-bond donors (Lipinski definition) is 0. The Bertz CT molecular complexity index is 1010. The second-order valence-corrected chi connectivity index (χ2v) is 7.16. The Hall–Kier alpha value is -3.40. The maximum atomic E-state index is 14.1. The lowest BCUT2D eigenvalue weighted by Crippen LogP contribution is -2.27. The van der Waals surface area contributed by atoms with E-state index in [1.54, 1.807) is 37.5 Å². The van der Waals surface area contributed by atoms with Crippen LogP contribution < -0.4 is 9.47 Å². The van der Waals surface area contributed by atoms with Gasteiger partial charge in [-0.05, 0) is 67.4 Å². The third-order valence-corrected chi connectivity index (χ3v) is 4.78. The molecule has 0 bridgehead atoms. The normalized spacial score (nSPS) is 11.4. The number of benzene rings is 3. The van der Waals surface area contributed by atoms with E-state index in [9.17, 15) is 9.18 Å². The number of carbonyl (C=O) groups is 1. The molecule has 0 radical (unpaired) electrons. The van der Waals surface area contributed by atoms with Crippen molar-refractivity contribution in [2.75, 3.05) is 7.11 Å². The van der Waals surface area contributed by atoms with E-state index in [0.717, 1.165) is 11.3 Å². The molecule has 3 rings (SSSR count). The van der Waals surface area contributed by atoms with Crippen LogP contribution in [0.4, 0.5) is 4.39 Å². The summed E-state index contributed by atoms with van der Waals surface area (Å²) >= 11 is 0. The van der Waals surface area contributed by atoms with E-state index in [1.807, 2.05) is 56.3 Å². The molecule has 0 aromatic heterocycles. The van der Waals surface area contributed by atoms with Crippen LogP contribution in [-0.2, 0) is 10.2 Å². The zero-order chi connectivity index (χ0) is 20.9. The molecule has 0 heterocycles. The number of allylic oxidation sites excluding steroid dienone is 1. The van der Waals surface area contributed by atoms with Crippen LogP contribution in [0.3, 0.4) is 0 Å². The highest BCUT2D eigenvalue weighted by atomic mass is 19.1. The summed E-state index contributed by atoms with van der Waals surface area (Å²) in [4.78, 5) is 12.8. The first-order chi connectivity index (χ1) is 13.9. The van der Waals surface area contributed by atoms with Gasteiger partial charge < -0.3 is 9.47 Å². The summed E-state index contributed by atoms with van der Waals surface area (Å²) in [6.07, 6.45) is 3.19. The van der Waals surface area contributed by atoms with Gasteiger partial charge in [0.15, 0.2) is 17.3 Å². The van der Waals surface area contributed by atoms with Gasteiger partial charge in [0.25, 0.3) is 0 Å². The molecular weight excluding hydrogens is 367 g/mol. The number of halogens is 1. The van der Waals surface area contributed by atoms with E-state index < -0.39 is 11.2 Å². The summed E-state index contributed by atoms with van der Waals surface area (Å²) in [6.45, 7) is 3.74. The lowest BCUT2D eigenvalue weighted by Gasteiger charge is -2.22. The Morgan fingerprint density at radius 3 is 2.28 bits per heavy atom. The van der Waals surface area contributed by atoms with Crippen molar-refractivity contribution in [1.29, 1.82) is 0 Å². The quantitative estimate of drug-likeness (QED) is 0.452. The molecule has 0 unspecified atom stereocenters. The van der Waals surface area contributed by atoms with E-state index in [-0.39, 0.29) is 11.5 Å². The third-order valence-electron chi connectivity index (χ3n) is 4.78. The number of ketones is 1. The van der Waals surface area contributed by atoms with E-state index in [0.29, 0.717) is 11.3 Å². The van der Waals surface area contributed by atoms with Crippen molar-refractivity contribution in [3.05, 3.63) is 95.8 Å². The van der Waals surface area contributed by atoms with Gasteiger partial charge in [0.1, 0.15) is 11.5 Å². The number of rotatable bonds is 7. The van der Waals surface area contributed by atoms with Crippen molar-refractivity contribution in [3.63, 3.8) is 0 Å². The van der Waals surface area contributed by atoms with Crippen LogP contribution in [0.15, 0.2) is 78.9 Å². The highest BCUT2D eigenvalue weighted by molar-refractivity contribution is 6.01. The monoisotopic (exact) mass is 390 g/mol. The van der Waals surface area contributed by atoms with Gasteiger partial charge in [-0.1, -0.05) is 42.5 Å². The molecule has 0 amide bonds. The van der Waals surface area contributed by atoms with E-state index in [1.165, 1.54) is 12.1 Å². The summed E-state index contributed by atoms with van der Waals surface area (Å²) in [5.41, 5.74) is 0.864. The Morgan fingerprint density at radius 2 is 1.62 bits per heavy atom. The topological polar surface area (TPSA) is 35.5 Å². The molecule has 0 fully saturated rings. The van der Waals surface area contributed by atoms with E-state index in [4.69, 9.17) is 9.47 Å². The second kappa shape index (κ2) is 8.74. The van der Waals surface area contributed by atoms with Gasteiger partial charge in [0, 0.05) is 0 Å². The van der Waals surface area contributed by atoms with Crippen molar-refractivity contribution in [3.8, 4) is 17.2 Å². The van der Waals surface area contributed by atoms with Gasteiger partial charge in [-0.3, -0.25) is 4.79 Å². The lowest BCUT2D eigenvalue weighted by atomic mass is 9.80. The molecule has 0 N–H and O–H groups in total. The minimum atomic E-state index is -0.702. The van der Waals surface area contributed by atoms with Crippen LogP contribution in [0.25, 0.3) is 6.08 Å². The molecule has 0 saturated carbocycles. The highest BCUT2D eigenvalue weighted by Crippen LogP contribution is 2.28. The van der Waals surface area contributed by atoms with E-state index >= 15 is 0 Å². The summed E-state index contributed by atoms with van der Waals surface area (Å²) in [7, 11) is 1.60. The number of hydrogen-bond acceptors (Lipinski definition) is 3. The van der Waals surface area contributed by atoms with Gasteiger partial charge in [0.05, 0.1) is 12.5 Å². The molecule has 148 valence electrons. The summed E-state index contributed by atoms with van der Waals surface area (Å²) in [6, 6.07) is 20.9. The third kappa shape index (κ3) is 4.91. The SMILES string of the molecule is COc1ccc(C(C)(C)C(=O)C=Cc2ccc(F)c(Oc3ccccc3)c2)cc1. The molecule has 29 heavy (non-hydrogen) atoms. The molecular formula is C25H23FO3. The molecule has 0 aliphatic rings. The van der Waals surface area contributed by atoms with Gasteiger partial charge in [-0.15, -0.1) is 0 Å². The van der Waals surface area contributed by atoms with Gasteiger partial charge in [0.2, 0.25) is 0 Å². The van der Waals surface area contributed by atoms with Crippen LogP contribution >= 0.6 is 0 Å². The van der Waals surface area contributed by atoms with Gasteiger partial charge in [-0.2, -0.15) is 0 Å². The molecule has 3 aromatic rings. The average Bonchev–Trinajstić information content (AvgIpc) is 2.74. The maximum Gasteiger partial charge on any atom is 0.165 e. The Labute approximate surface area is 170 Å². The number of carbonyl (C=O) groups excluding carboxylic acids is 1. The zero-order valence-corrected chi connectivity index (χ0v) is 16.7. The molecule has 0 aliphatic heterocycles. The van der Waals surface area contributed by atoms with Crippen molar-refractivity contribution in [2.24, 2.45) is 0 Å². The first kappa shape index (κ1) is 20.3.